The summed E-state index contributed by atoms with van der Waals surface area (Å²) in [5.41, 5.74) is 1.18. The molecule has 0 amide bonds. The molecule has 0 aliphatic rings. The molecule has 0 radical (unpaired) electrons. The zero-order valence-corrected chi connectivity index (χ0v) is 15.3. The van der Waals surface area contributed by atoms with E-state index in [1.165, 1.54) is 10.4 Å². The average Bonchev–Trinajstić information content (AvgIpc) is 2.84. The van der Waals surface area contributed by atoms with E-state index in [1.807, 2.05) is 12.1 Å². The third-order valence-corrected chi connectivity index (χ3v) is 4.85. The number of hydrogen-bond donors (Lipinski definition) is 1. The fourth-order valence-corrected chi connectivity index (χ4v) is 3.61. The SMILES string of the molecule is CCCNCc1cc(Br)ccc1OCc1ccc(Br)s1. The highest BCUT2D eigenvalue weighted by Crippen LogP contribution is 2.27. The Balaban J connectivity index is 2.01. The summed E-state index contributed by atoms with van der Waals surface area (Å²) in [6.45, 7) is 4.62. The van der Waals surface area contributed by atoms with E-state index in [1.54, 1.807) is 11.3 Å². The van der Waals surface area contributed by atoms with E-state index in [4.69, 9.17) is 4.74 Å². The van der Waals surface area contributed by atoms with Crippen LogP contribution >= 0.6 is 43.2 Å². The molecule has 0 aliphatic heterocycles. The maximum Gasteiger partial charge on any atom is 0.124 e. The molecule has 2 nitrogen and oxygen atoms in total. The maximum absolute atomic E-state index is 5.95. The van der Waals surface area contributed by atoms with Crippen LogP contribution in [0.25, 0.3) is 0 Å². The van der Waals surface area contributed by atoms with E-state index >= 15 is 0 Å². The third-order valence-electron chi connectivity index (χ3n) is 2.76. The van der Waals surface area contributed by atoms with Crippen molar-refractivity contribution >= 4 is 43.2 Å². The van der Waals surface area contributed by atoms with Crippen LogP contribution in [0.2, 0.25) is 0 Å². The Bertz CT molecular complexity index is 557. The molecule has 2 aromatic rings. The summed E-state index contributed by atoms with van der Waals surface area (Å²) in [4.78, 5) is 1.22. The fourth-order valence-electron chi connectivity index (χ4n) is 1.81. The lowest BCUT2D eigenvalue weighted by atomic mass is 10.2. The molecule has 0 saturated carbocycles. The minimum absolute atomic E-state index is 0.610. The zero-order chi connectivity index (χ0) is 14.4. The summed E-state index contributed by atoms with van der Waals surface area (Å²) in [5, 5.41) is 3.42. The van der Waals surface area contributed by atoms with E-state index in [-0.39, 0.29) is 0 Å². The topological polar surface area (TPSA) is 21.3 Å². The number of ether oxygens (including phenoxy) is 1. The second-order valence-electron chi connectivity index (χ2n) is 4.42. The van der Waals surface area contributed by atoms with Crippen LogP contribution in [0.15, 0.2) is 38.6 Å². The van der Waals surface area contributed by atoms with Gasteiger partial charge in [-0.2, -0.15) is 0 Å². The minimum atomic E-state index is 0.610. The van der Waals surface area contributed by atoms with Gasteiger partial charge in [0, 0.05) is 21.5 Å². The molecule has 20 heavy (non-hydrogen) atoms. The van der Waals surface area contributed by atoms with Gasteiger partial charge < -0.3 is 10.1 Å². The fraction of sp³-hybridized carbons (Fsp3) is 0.333. The molecule has 1 aromatic heterocycles. The van der Waals surface area contributed by atoms with Crippen LogP contribution in [-0.4, -0.2) is 6.54 Å². The Morgan fingerprint density at radius 2 is 2.05 bits per heavy atom. The molecule has 5 heteroatoms. The first kappa shape index (κ1) is 16.0. The van der Waals surface area contributed by atoms with Crippen LogP contribution in [0, 0.1) is 0 Å². The van der Waals surface area contributed by atoms with Crippen molar-refractivity contribution in [1.29, 1.82) is 0 Å². The number of hydrogen-bond acceptors (Lipinski definition) is 3. The average molecular weight is 419 g/mol. The Morgan fingerprint density at radius 3 is 2.75 bits per heavy atom. The number of nitrogens with one attached hydrogen (secondary N) is 1. The lowest BCUT2D eigenvalue weighted by molar-refractivity contribution is 0.305. The Hall–Kier alpha value is -0.360. The highest BCUT2D eigenvalue weighted by Gasteiger charge is 2.06. The first-order chi connectivity index (χ1) is 9.69. The molecule has 0 fully saturated rings. The van der Waals surface area contributed by atoms with Crippen molar-refractivity contribution in [3.63, 3.8) is 0 Å². The van der Waals surface area contributed by atoms with Gasteiger partial charge in [0.05, 0.1) is 3.79 Å². The van der Waals surface area contributed by atoms with Crippen molar-refractivity contribution < 1.29 is 4.74 Å². The molecule has 1 aromatic carbocycles. The molecular weight excluding hydrogens is 402 g/mol. The number of thiophene rings is 1. The van der Waals surface area contributed by atoms with Gasteiger partial charge in [0.15, 0.2) is 0 Å². The van der Waals surface area contributed by atoms with Gasteiger partial charge in [-0.25, -0.2) is 0 Å². The Kier molecular flexibility index (Phi) is 6.55. The summed E-state index contributed by atoms with van der Waals surface area (Å²) in [5.74, 6) is 0.946. The molecule has 0 spiro atoms. The van der Waals surface area contributed by atoms with Crippen molar-refractivity contribution in [2.75, 3.05) is 6.54 Å². The lowest BCUT2D eigenvalue weighted by Crippen LogP contribution is -2.14. The van der Waals surface area contributed by atoms with Crippen molar-refractivity contribution in [3.05, 3.63) is 49.0 Å². The molecule has 0 aliphatic carbocycles. The van der Waals surface area contributed by atoms with Crippen LogP contribution < -0.4 is 10.1 Å². The summed E-state index contributed by atoms with van der Waals surface area (Å²) in [6.07, 6.45) is 1.13. The Labute approximate surface area is 140 Å². The standard InChI is InChI=1S/C15H17Br2NOS/c1-2-7-18-9-11-8-12(16)3-5-14(11)19-10-13-4-6-15(17)20-13/h3-6,8,18H,2,7,9-10H2,1H3. The van der Waals surface area contributed by atoms with Gasteiger partial charge in [0.2, 0.25) is 0 Å². The van der Waals surface area contributed by atoms with E-state index in [0.29, 0.717) is 6.61 Å². The molecule has 0 unspecified atom stereocenters. The van der Waals surface area contributed by atoms with E-state index in [0.717, 1.165) is 33.5 Å². The van der Waals surface area contributed by atoms with Crippen LogP contribution in [0.1, 0.15) is 23.8 Å². The smallest absolute Gasteiger partial charge is 0.124 e. The molecule has 0 bridgehead atoms. The molecule has 108 valence electrons. The second-order valence-corrected chi connectivity index (χ2v) is 7.89. The van der Waals surface area contributed by atoms with Crippen molar-refractivity contribution in [2.24, 2.45) is 0 Å². The quantitative estimate of drug-likeness (QED) is 0.611. The first-order valence-corrected chi connectivity index (χ1v) is 8.95. The second kappa shape index (κ2) is 8.17. The van der Waals surface area contributed by atoms with Gasteiger partial charge in [-0.1, -0.05) is 22.9 Å². The van der Waals surface area contributed by atoms with Gasteiger partial charge in [-0.05, 0) is 59.2 Å². The summed E-state index contributed by atoms with van der Waals surface area (Å²) in [6, 6.07) is 10.3. The first-order valence-electron chi connectivity index (χ1n) is 6.55. The molecule has 1 N–H and O–H groups in total. The molecule has 0 atom stereocenters. The van der Waals surface area contributed by atoms with Gasteiger partial charge in [0.25, 0.3) is 0 Å². The summed E-state index contributed by atoms with van der Waals surface area (Å²) in [7, 11) is 0. The lowest BCUT2D eigenvalue weighted by Gasteiger charge is -2.12. The van der Waals surface area contributed by atoms with Crippen LogP contribution in [0.4, 0.5) is 0 Å². The van der Waals surface area contributed by atoms with Crippen molar-refractivity contribution in [2.45, 2.75) is 26.5 Å². The molecule has 0 saturated heterocycles. The van der Waals surface area contributed by atoms with Gasteiger partial charge >= 0.3 is 0 Å². The predicted octanol–water partition coefficient (Wildman–Crippen LogP) is 5.35. The number of benzene rings is 1. The van der Waals surface area contributed by atoms with Crippen LogP contribution in [0.5, 0.6) is 5.75 Å². The van der Waals surface area contributed by atoms with Crippen LogP contribution in [-0.2, 0) is 13.2 Å². The maximum atomic E-state index is 5.95. The van der Waals surface area contributed by atoms with Gasteiger partial charge in [0.1, 0.15) is 12.4 Å². The number of rotatable bonds is 7. The summed E-state index contributed by atoms with van der Waals surface area (Å²) >= 11 is 8.69. The van der Waals surface area contributed by atoms with E-state index in [2.05, 4.69) is 62.3 Å². The van der Waals surface area contributed by atoms with Gasteiger partial charge in [-0.3, -0.25) is 0 Å². The van der Waals surface area contributed by atoms with Crippen molar-refractivity contribution in [3.8, 4) is 5.75 Å². The zero-order valence-electron chi connectivity index (χ0n) is 11.3. The predicted molar refractivity (Wildman–Crippen MR) is 92.5 cm³/mol. The van der Waals surface area contributed by atoms with Gasteiger partial charge in [-0.15, -0.1) is 11.3 Å². The highest BCUT2D eigenvalue weighted by atomic mass is 79.9. The van der Waals surface area contributed by atoms with Crippen molar-refractivity contribution in [1.82, 2.24) is 5.32 Å². The van der Waals surface area contributed by atoms with E-state index in [9.17, 15) is 0 Å². The minimum Gasteiger partial charge on any atom is -0.488 e. The largest absolute Gasteiger partial charge is 0.488 e. The highest BCUT2D eigenvalue weighted by molar-refractivity contribution is 9.11. The molecule has 1 heterocycles. The number of halogens is 2. The Morgan fingerprint density at radius 1 is 1.20 bits per heavy atom. The monoisotopic (exact) mass is 417 g/mol. The normalized spacial score (nSPS) is 10.8. The summed E-state index contributed by atoms with van der Waals surface area (Å²) < 4.78 is 8.17. The van der Waals surface area contributed by atoms with E-state index < -0.39 is 0 Å². The molecule has 2 rings (SSSR count). The molecular formula is C15H17Br2NOS. The third kappa shape index (κ3) is 4.88. The van der Waals surface area contributed by atoms with Crippen LogP contribution in [0.3, 0.4) is 0 Å².